The van der Waals surface area contributed by atoms with Crippen LogP contribution in [0.3, 0.4) is 0 Å². The van der Waals surface area contributed by atoms with Gasteiger partial charge in [-0.05, 0) is 0 Å². The monoisotopic (exact) mass is 444 g/mol. The molecule has 0 N–H and O–H groups in total. The van der Waals surface area contributed by atoms with Gasteiger partial charge < -0.3 is 0 Å². The van der Waals surface area contributed by atoms with E-state index in [9.17, 15) is 0 Å². The minimum atomic E-state index is -3.31. The fraction of sp³-hybridized carbons (Fsp3) is 0.172. The molecule has 0 spiro atoms. The van der Waals surface area contributed by atoms with Gasteiger partial charge in [-0.25, -0.2) is 0 Å². The number of halogens is 1. The molecule has 4 rings (SSSR count). The van der Waals surface area contributed by atoms with Crippen LogP contribution in [-0.2, 0) is 19.0 Å². The maximum absolute atomic E-state index is 8.30. The summed E-state index contributed by atoms with van der Waals surface area (Å²) in [6, 6.07) is 39.1. The third kappa shape index (κ3) is 3.73. The number of aryl methyl sites for hydroxylation is 2. The quantitative estimate of drug-likeness (QED) is 0.269. The first-order valence-corrected chi connectivity index (χ1v) is 14.4. The zero-order valence-corrected chi connectivity index (χ0v) is 20.0. The van der Waals surface area contributed by atoms with Crippen molar-refractivity contribution < 1.29 is 0 Å². The van der Waals surface area contributed by atoms with E-state index in [1.54, 1.807) is 0 Å². The molecule has 0 aromatic heterocycles. The van der Waals surface area contributed by atoms with Gasteiger partial charge >= 0.3 is 192 Å². The van der Waals surface area contributed by atoms with E-state index in [0.29, 0.717) is 0 Å². The van der Waals surface area contributed by atoms with Crippen LogP contribution in [-0.4, -0.2) is 0 Å². The van der Waals surface area contributed by atoms with Crippen molar-refractivity contribution in [2.45, 2.75) is 32.9 Å². The Morgan fingerprint density at radius 1 is 0.516 bits per heavy atom. The van der Waals surface area contributed by atoms with Gasteiger partial charge in [0.25, 0.3) is 0 Å². The van der Waals surface area contributed by atoms with Gasteiger partial charge in [-0.15, -0.1) is 0 Å². The topological polar surface area (TPSA) is 0 Å². The van der Waals surface area contributed by atoms with Gasteiger partial charge in [-0.3, -0.25) is 0 Å². The first-order valence-electron chi connectivity index (χ1n) is 11.1. The van der Waals surface area contributed by atoms with Crippen LogP contribution in [0.2, 0.25) is 0 Å². The maximum atomic E-state index is 8.30. The first kappa shape index (κ1) is 21.8. The summed E-state index contributed by atoms with van der Waals surface area (Å²) in [6.45, 7) is 4.49. The van der Waals surface area contributed by atoms with Gasteiger partial charge in [-0.2, -0.15) is 0 Å². The Morgan fingerprint density at radius 3 is 1.19 bits per heavy atom. The number of hydrogen-bond donors (Lipinski definition) is 0. The molecule has 0 aliphatic rings. The zero-order chi connectivity index (χ0) is 21.8. The van der Waals surface area contributed by atoms with Crippen molar-refractivity contribution in [3.8, 4) is 0 Å². The summed E-state index contributed by atoms with van der Waals surface area (Å²) in [5.41, 5.74) is 4.21. The third-order valence-corrected chi connectivity index (χ3v) is 13.6. The van der Waals surface area contributed by atoms with Gasteiger partial charge in [0.05, 0.1) is 0 Å². The van der Waals surface area contributed by atoms with Crippen LogP contribution in [0.15, 0.2) is 109 Å². The van der Waals surface area contributed by atoms with Crippen LogP contribution in [0.4, 0.5) is 0 Å². The van der Waals surface area contributed by atoms with E-state index in [4.69, 9.17) is 11.2 Å². The Hall–Kier alpha value is -2.40. The van der Waals surface area contributed by atoms with Crippen molar-refractivity contribution in [1.29, 1.82) is 0 Å². The molecule has 31 heavy (non-hydrogen) atoms. The molecule has 158 valence electrons. The Labute approximate surface area is 191 Å². The van der Waals surface area contributed by atoms with Gasteiger partial charge in [0.1, 0.15) is 0 Å². The summed E-state index contributed by atoms with van der Waals surface area (Å²) in [7, 11) is 0. The average molecular weight is 445 g/mol. The summed E-state index contributed by atoms with van der Waals surface area (Å²) in [6.07, 6.45) is 2.83. The van der Waals surface area contributed by atoms with E-state index in [1.807, 2.05) is 0 Å². The minimum absolute atomic E-state index is 0.818. The van der Waals surface area contributed by atoms with E-state index < -0.39 is 5.96 Å². The summed E-state index contributed by atoms with van der Waals surface area (Å²) >= 11 is 8.30. The van der Waals surface area contributed by atoms with E-state index in [-0.39, 0.29) is 0 Å². The summed E-state index contributed by atoms with van der Waals surface area (Å²) in [5, 5.41) is 3.67. The molecular weight excluding hydrogens is 415 g/mol. The molecule has 0 atom stereocenters. The van der Waals surface area contributed by atoms with E-state index in [0.717, 1.165) is 19.0 Å². The molecule has 4 aromatic carbocycles. The molecule has 0 aliphatic carbocycles. The molecule has 0 radical (unpaired) electrons. The third-order valence-electron chi connectivity index (χ3n) is 6.47. The average Bonchev–Trinajstić information content (AvgIpc) is 2.86. The second-order valence-corrected chi connectivity index (χ2v) is 14.6. The summed E-state index contributed by atoms with van der Waals surface area (Å²) < 4.78 is 0. The van der Waals surface area contributed by atoms with Gasteiger partial charge in [0.2, 0.25) is 0 Å². The van der Waals surface area contributed by atoms with Crippen molar-refractivity contribution in [3.63, 3.8) is 0 Å². The van der Waals surface area contributed by atoms with E-state index in [1.165, 1.54) is 32.6 Å². The van der Waals surface area contributed by atoms with Crippen LogP contribution in [0.1, 0.15) is 30.5 Å². The van der Waals surface area contributed by atoms with Gasteiger partial charge in [0.15, 0.2) is 0 Å². The van der Waals surface area contributed by atoms with Crippen molar-refractivity contribution >= 4 is 33.1 Å². The van der Waals surface area contributed by atoms with Crippen LogP contribution >= 0.6 is 17.2 Å². The first-order chi connectivity index (χ1) is 15.1. The molecule has 0 bridgehead atoms. The second kappa shape index (κ2) is 8.99. The van der Waals surface area contributed by atoms with E-state index >= 15 is 0 Å². The fourth-order valence-corrected chi connectivity index (χ4v) is 11.0. The van der Waals surface area contributed by atoms with Gasteiger partial charge in [0, 0.05) is 0 Å². The Kier molecular flexibility index (Phi) is 6.33. The molecule has 0 aliphatic heterocycles. The number of rotatable bonds is 7. The van der Waals surface area contributed by atoms with E-state index in [2.05, 4.69) is 123 Å². The van der Waals surface area contributed by atoms with Crippen LogP contribution in [0, 0.1) is 0 Å². The molecule has 2 heteroatoms. The molecule has 0 unspecified atom stereocenters. The number of benzene rings is 4. The van der Waals surface area contributed by atoms with Crippen molar-refractivity contribution in [2.24, 2.45) is 0 Å². The Morgan fingerprint density at radius 2 is 0.871 bits per heavy atom. The summed E-state index contributed by atoms with van der Waals surface area (Å²) in [5.74, 6) is -3.31. The predicted octanol–water partition coefficient (Wildman–Crippen LogP) is 7.00. The molecule has 0 heterocycles. The fourth-order valence-electron chi connectivity index (χ4n) is 4.79. The molecule has 4 aromatic rings. The standard InChI is InChI=1S/C29H30ClP/c1-3-24-15-14-16-25(4-2)29(24)23-31(30,26-17-8-5-9-18-26,27-19-10-6-11-20-27)28-21-12-7-13-22-28/h5-22H,3-4,23H2,1-2H3. The van der Waals surface area contributed by atoms with Crippen molar-refractivity contribution in [2.75, 3.05) is 0 Å². The molecule has 0 fully saturated rings. The molecular formula is C29H30ClP. The van der Waals surface area contributed by atoms with Crippen LogP contribution in [0.5, 0.6) is 0 Å². The van der Waals surface area contributed by atoms with Crippen LogP contribution < -0.4 is 15.9 Å². The predicted molar refractivity (Wildman–Crippen MR) is 140 cm³/mol. The second-order valence-electron chi connectivity index (χ2n) is 8.11. The molecule has 0 saturated heterocycles. The zero-order valence-electron chi connectivity index (χ0n) is 18.3. The van der Waals surface area contributed by atoms with Crippen molar-refractivity contribution in [1.82, 2.24) is 0 Å². The van der Waals surface area contributed by atoms with Gasteiger partial charge in [-0.1, -0.05) is 0 Å². The summed E-state index contributed by atoms with van der Waals surface area (Å²) in [4.78, 5) is 0. The normalized spacial score (nSPS) is 12.8. The Balaban J connectivity index is 2.13. The molecule has 0 saturated carbocycles. The van der Waals surface area contributed by atoms with Crippen LogP contribution in [0.25, 0.3) is 0 Å². The Bertz CT molecular complexity index is 1020. The molecule has 0 amide bonds. The molecule has 0 nitrogen and oxygen atoms in total. The SMILES string of the molecule is CCc1cccc(CC)c1CP(Cl)(c1ccccc1)(c1ccccc1)c1ccccc1. The number of hydrogen-bond acceptors (Lipinski definition) is 0. The van der Waals surface area contributed by atoms with Crippen molar-refractivity contribution in [3.05, 3.63) is 126 Å².